The molecule has 0 saturated heterocycles. The lowest BCUT2D eigenvalue weighted by molar-refractivity contribution is 0.589. The lowest BCUT2D eigenvalue weighted by Gasteiger charge is -1.98. The third-order valence-corrected chi connectivity index (χ3v) is 2.47. The molecule has 2 N–H and O–H groups in total. The maximum absolute atomic E-state index is 13.5. The van der Waals surface area contributed by atoms with Crippen LogP contribution in [-0.2, 0) is 0 Å². The minimum Gasteiger partial charge on any atom is -0.454 e. The fraction of sp³-hybridized carbons (Fsp3) is 0. The standard InChI is InChI=1S/C12H7F2N3O/c13-7-1-2-9-6(3-7)4-10(18-9)11-8(14)5-16-12(15)17-11/h1-5H,(H2,15,16,17). The zero-order chi connectivity index (χ0) is 12.7. The van der Waals surface area contributed by atoms with Gasteiger partial charge in [0.15, 0.2) is 11.6 Å². The molecule has 0 fully saturated rings. The van der Waals surface area contributed by atoms with Gasteiger partial charge in [-0.2, -0.15) is 0 Å². The number of hydrogen-bond donors (Lipinski definition) is 1. The van der Waals surface area contributed by atoms with Gasteiger partial charge in [-0.3, -0.25) is 0 Å². The first-order chi connectivity index (χ1) is 8.63. The Labute approximate surface area is 100 Å². The molecule has 1 aromatic carbocycles. The van der Waals surface area contributed by atoms with Crippen LogP contribution in [0.25, 0.3) is 22.4 Å². The summed E-state index contributed by atoms with van der Waals surface area (Å²) in [7, 11) is 0. The van der Waals surface area contributed by atoms with E-state index >= 15 is 0 Å². The van der Waals surface area contributed by atoms with E-state index < -0.39 is 11.6 Å². The maximum Gasteiger partial charge on any atom is 0.220 e. The minimum absolute atomic E-state index is 0.0425. The van der Waals surface area contributed by atoms with Crippen LogP contribution in [0.5, 0.6) is 0 Å². The summed E-state index contributed by atoms with van der Waals surface area (Å²) in [6, 6.07) is 5.53. The number of hydrogen-bond acceptors (Lipinski definition) is 4. The van der Waals surface area contributed by atoms with Crippen LogP contribution in [0.15, 0.2) is 34.9 Å². The fourth-order valence-electron chi connectivity index (χ4n) is 1.68. The van der Waals surface area contributed by atoms with Crippen LogP contribution < -0.4 is 5.73 Å². The van der Waals surface area contributed by atoms with Crippen molar-refractivity contribution in [2.75, 3.05) is 5.73 Å². The maximum atomic E-state index is 13.5. The average molecular weight is 247 g/mol. The van der Waals surface area contributed by atoms with Gasteiger partial charge in [0.2, 0.25) is 5.95 Å². The van der Waals surface area contributed by atoms with Crippen LogP contribution in [0.2, 0.25) is 0 Å². The van der Waals surface area contributed by atoms with Crippen LogP contribution in [0.1, 0.15) is 0 Å². The molecule has 0 saturated carbocycles. The Balaban J connectivity index is 2.22. The zero-order valence-electron chi connectivity index (χ0n) is 9.02. The molecule has 0 unspecified atom stereocenters. The summed E-state index contributed by atoms with van der Waals surface area (Å²) in [5, 5.41) is 0.529. The van der Waals surface area contributed by atoms with Crippen molar-refractivity contribution in [1.82, 2.24) is 9.97 Å². The van der Waals surface area contributed by atoms with Gasteiger partial charge in [-0.1, -0.05) is 0 Å². The normalized spacial score (nSPS) is 11.0. The van der Waals surface area contributed by atoms with E-state index in [0.29, 0.717) is 11.0 Å². The largest absolute Gasteiger partial charge is 0.454 e. The summed E-state index contributed by atoms with van der Waals surface area (Å²) in [5.74, 6) is -0.915. The van der Waals surface area contributed by atoms with Crippen LogP contribution in [-0.4, -0.2) is 9.97 Å². The molecule has 90 valence electrons. The summed E-state index contributed by atoms with van der Waals surface area (Å²) >= 11 is 0. The summed E-state index contributed by atoms with van der Waals surface area (Å²) in [6.45, 7) is 0. The Kier molecular flexibility index (Phi) is 2.22. The van der Waals surface area contributed by atoms with Crippen LogP contribution in [0, 0.1) is 11.6 Å². The van der Waals surface area contributed by atoms with Crippen LogP contribution in [0.4, 0.5) is 14.7 Å². The van der Waals surface area contributed by atoms with Gasteiger partial charge in [0.25, 0.3) is 0 Å². The quantitative estimate of drug-likeness (QED) is 0.718. The summed E-state index contributed by atoms with van der Waals surface area (Å²) in [4.78, 5) is 7.29. The van der Waals surface area contributed by atoms with Gasteiger partial charge in [-0.15, -0.1) is 0 Å². The number of fused-ring (bicyclic) bond motifs is 1. The number of furan rings is 1. The number of rotatable bonds is 1. The number of nitrogen functional groups attached to an aromatic ring is 1. The van der Waals surface area contributed by atoms with Crippen molar-refractivity contribution in [2.45, 2.75) is 0 Å². The molecule has 6 heteroatoms. The highest BCUT2D eigenvalue weighted by molar-refractivity contribution is 5.82. The van der Waals surface area contributed by atoms with Crippen LogP contribution >= 0.6 is 0 Å². The first-order valence-electron chi connectivity index (χ1n) is 5.11. The molecular formula is C12H7F2N3O. The monoisotopic (exact) mass is 247 g/mol. The second-order valence-corrected chi connectivity index (χ2v) is 3.72. The molecule has 3 rings (SSSR count). The third kappa shape index (κ3) is 1.67. The highest BCUT2D eigenvalue weighted by Crippen LogP contribution is 2.28. The summed E-state index contributed by atoms with van der Waals surface area (Å²) in [6.07, 6.45) is 0.964. The van der Waals surface area contributed by atoms with Crippen molar-refractivity contribution in [2.24, 2.45) is 0 Å². The van der Waals surface area contributed by atoms with Gasteiger partial charge in [-0.25, -0.2) is 18.7 Å². The first kappa shape index (κ1) is 10.6. The number of nitrogens with zero attached hydrogens (tertiary/aromatic N) is 2. The van der Waals surface area contributed by atoms with E-state index in [1.807, 2.05) is 0 Å². The predicted octanol–water partition coefficient (Wildman–Crippen LogP) is 2.75. The smallest absolute Gasteiger partial charge is 0.220 e. The number of nitrogens with two attached hydrogens (primary N) is 1. The molecule has 4 nitrogen and oxygen atoms in total. The first-order valence-corrected chi connectivity index (χ1v) is 5.11. The molecule has 0 amide bonds. The molecule has 3 aromatic rings. The third-order valence-electron chi connectivity index (χ3n) is 2.47. The second kappa shape index (κ2) is 3.76. The number of anilines is 1. The highest BCUT2D eigenvalue weighted by atomic mass is 19.1. The van der Waals surface area contributed by atoms with Crippen molar-refractivity contribution in [3.63, 3.8) is 0 Å². The topological polar surface area (TPSA) is 64.9 Å². The van der Waals surface area contributed by atoms with Crippen LogP contribution in [0.3, 0.4) is 0 Å². The molecule has 18 heavy (non-hydrogen) atoms. The predicted molar refractivity (Wildman–Crippen MR) is 61.6 cm³/mol. The van der Waals surface area contributed by atoms with E-state index in [4.69, 9.17) is 10.2 Å². The van der Waals surface area contributed by atoms with E-state index in [1.165, 1.54) is 24.3 Å². The van der Waals surface area contributed by atoms with Crippen molar-refractivity contribution in [1.29, 1.82) is 0 Å². The minimum atomic E-state index is -0.649. The second-order valence-electron chi connectivity index (χ2n) is 3.72. The van der Waals surface area contributed by atoms with E-state index in [9.17, 15) is 8.78 Å². The Morgan fingerprint density at radius 2 is 2.00 bits per heavy atom. The van der Waals surface area contributed by atoms with Gasteiger partial charge >= 0.3 is 0 Å². The molecular weight excluding hydrogens is 240 g/mol. The Morgan fingerprint density at radius 3 is 2.83 bits per heavy atom. The van der Waals surface area contributed by atoms with Gasteiger partial charge in [0, 0.05) is 5.39 Å². The van der Waals surface area contributed by atoms with E-state index in [-0.39, 0.29) is 17.4 Å². The van der Waals surface area contributed by atoms with Gasteiger partial charge in [-0.05, 0) is 24.3 Å². The van der Waals surface area contributed by atoms with Crippen molar-refractivity contribution < 1.29 is 13.2 Å². The number of halogens is 2. The molecule has 0 aliphatic rings. The molecule has 0 aliphatic carbocycles. The SMILES string of the molecule is Nc1ncc(F)c(-c2cc3cc(F)ccc3o2)n1. The van der Waals surface area contributed by atoms with E-state index in [2.05, 4.69) is 9.97 Å². The molecule has 2 aromatic heterocycles. The molecule has 2 heterocycles. The summed E-state index contributed by atoms with van der Waals surface area (Å²) < 4.78 is 32.0. The van der Waals surface area contributed by atoms with E-state index in [0.717, 1.165) is 6.20 Å². The van der Waals surface area contributed by atoms with Gasteiger partial charge in [0.1, 0.15) is 17.1 Å². The van der Waals surface area contributed by atoms with Crippen molar-refractivity contribution in [3.05, 3.63) is 42.1 Å². The van der Waals surface area contributed by atoms with Crippen molar-refractivity contribution in [3.8, 4) is 11.5 Å². The lowest BCUT2D eigenvalue weighted by atomic mass is 10.2. The molecule has 0 radical (unpaired) electrons. The fourth-order valence-corrected chi connectivity index (χ4v) is 1.68. The number of aromatic nitrogens is 2. The molecule has 0 bridgehead atoms. The van der Waals surface area contributed by atoms with E-state index in [1.54, 1.807) is 0 Å². The molecule has 0 aliphatic heterocycles. The molecule has 0 spiro atoms. The lowest BCUT2D eigenvalue weighted by Crippen LogP contribution is -1.98. The highest BCUT2D eigenvalue weighted by Gasteiger charge is 2.13. The van der Waals surface area contributed by atoms with Crippen molar-refractivity contribution >= 4 is 16.9 Å². The summed E-state index contributed by atoms with van der Waals surface area (Å²) in [5.41, 5.74) is 5.80. The molecule has 0 atom stereocenters. The zero-order valence-corrected chi connectivity index (χ0v) is 9.02. The Bertz CT molecular complexity index is 739. The van der Waals surface area contributed by atoms with Gasteiger partial charge in [0.05, 0.1) is 6.20 Å². The Hall–Kier alpha value is -2.50. The van der Waals surface area contributed by atoms with Gasteiger partial charge < -0.3 is 10.2 Å². The number of benzene rings is 1. The Morgan fingerprint density at radius 1 is 1.17 bits per heavy atom. The average Bonchev–Trinajstić information content (AvgIpc) is 2.74.